The Kier molecular flexibility index (Phi) is 3.82. The Balaban J connectivity index is 2.65. The third-order valence-corrected chi connectivity index (χ3v) is 1.96. The Bertz CT molecular complexity index is 359. The molecule has 1 rings (SSSR count). The molecule has 0 aliphatic rings. The highest BCUT2D eigenvalue weighted by Gasteiger charge is 2.10. The molecule has 0 bridgehead atoms. The summed E-state index contributed by atoms with van der Waals surface area (Å²) in [6.07, 6.45) is 0.928. The average Bonchev–Trinajstić information content (AvgIpc) is 2.29. The topological polar surface area (TPSA) is 84.2 Å². The summed E-state index contributed by atoms with van der Waals surface area (Å²) in [5, 5.41) is 2.41. The number of carbonyl (C=O) groups is 2. The lowest BCUT2D eigenvalue weighted by Gasteiger charge is -2.04. The number of hydrogen-bond donors (Lipinski definition) is 3. The standard InChI is InChI=1S/C10H13N3O2/c1-2-7-3-5-8(6-4-7)12-9(14)10(15)13-11/h3-6H,2,11H2,1H3,(H,12,14)(H,13,15). The first-order valence-corrected chi connectivity index (χ1v) is 4.58. The van der Waals surface area contributed by atoms with Gasteiger partial charge >= 0.3 is 11.8 Å². The second-order valence-corrected chi connectivity index (χ2v) is 2.98. The van der Waals surface area contributed by atoms with Crippen LogP contribution in [0.5, 0.6) is 0 Å². The third-order valence-electron chi connectivity index (χ3n) is 1.96. The molecule has 0 spiro atoms. The molecule has 1 aromatic rings. The van der Waals surface area contributed by atoms with E-state index in [1.165, 1.54) is 0 Å². The van der Waals surface area contributed by atoms with Crippen LogP contribution in [-0.4, -0.2) is 11.8 Å². The fourth-order valence-electron chi connectivity index (χ4n) is 1.08. The van der Waals surface area contributed by atoms with Crippen molar-refractivity contribution in [1.29, 1.82) is 0 Å². The third kappa shape index (κ3) is 3.07. The Morgan fingerprint density at radius 1 is 1.20 bits per heavy atom. The molecule has 5 nitrogen and oxygen atoms in total. The van der Waals surface area contributed by atoms with E-state index in [4.69, 9.17) is 5.84 Å². The molecule has 80 valence electrons. The van der Waals surface area contributed by atoms with Gasteiger partial charge in [0.05, 0.1) is 0 Å². The summed E-state index contributed by atoms with van der Waals surface area (Å²) in [6.45, 7) is 2.04. The van der Waals surface area contributed by atoms with Gasteiger partial charge < -0.3 is 5.32 Å². The summed E-state index contributed by atoms with van der Waals surface area (Å²) < 4.78 is 0. The number of anilines is 1. The van der Waals surface area contributed by atoms with Gasteiger partial charge in [0.2, 0.25) is 0 Å². The summed E-state index contributed by atoms with van der Waals surface area (Å²) >= 11 is 0. The van der Waals surface area contributed by atoms with Gasteiger partial charge in [-0.1, -0.05) is 19.1 Å². The Labute approximate surface area is 87.6 Å². The second kappa shape index (κ2) is 5.11. The number of hydrazine groups is 1. The highest BCUT2D eigenvalue weighted by atomic mass is 16.2. The minimum atomic E-state index is -0.866. The smallest absolute Gasteiger partial charge is 0.318 e. The van der Waals surface area contributed by atoms with Gasteiger partial charge in [0.15, 0.2) is 0 Å². The van der Waals surface area contributed by atoms with Gasteiger partial charge in [-0.15, -0.1) is 0 Å². The van der Waals surface area contributed by atoms with Crippen molar-refractivity contribution in [3.05, 3.63) is 29.8 Å². The Morgan fingerprint density at radius 3 is 2.27 bits per heavy atom. The summed E-state index contributed by atoms with van der Waals surface area (Å²) in [6, 6.07) is 7.24. The van der Waals surface area contributed by atoms with Gasteiger partial charge in [0.25, 0.3) is 0 Å². The average molecular weight is 207 g/mol. The van der Waals surface area contributed by atoms with Crippen molar-refractivity contribution in [1.82, 2.24) is 5.43 Å². The highest BCUT2D eigenvalue weighted by molar-refractivity contribution is 6.39. The molecule has 0 aromatic heterocycles. The molecule has 2 amide bonds. The number of aryl methyl sites for hydroxylation is 1. The van der Waals surface area contributed by atoms with Crippen molar-refractivity contribution in [2.45, 2.75) is 13.3 Å². The first-order chi connectivity index (χ1) is 7.17. The first-order valence-electron chi connectivity index (χ1n) is 4.58. The second-order valence-electron chi connectivity index (χ2n) is 2.98. The zero-order valence-corrected chi connectivity index (χ0v) is 8.41. The van der Waals surface area contributed by atoms with Crippen LogP contribution in [0.15, 0.2) is 24.3 Å². The van der Waals surface area contributed by atoms with Crippen molar-refractivity contribution in [2.75, 3.05) is 5.32 Å². The molecule has 0 saturated carbocycles. The van der Waals surface area contributed by atoms with E-state index in [1.54, 1.807) is 17.6 Å². The maximum atomic E-state index is 11.1. The summed E-state index contributed by atoms with van der Waals surface area (Å²) in [4.78, 5) is 21.9. The monoisotopic (exact) mass is 207 g/mol. The molecule has 0 radical (unpaired) electrons. The molecule has 4 N–H and O–H groups in total. The molecule has 0 aliphatic heterocycles. The van der Waals surface area contributed by atoms with Crippen LogP contribution >= 0.6 is 0 Å². The quantitative estimate of drug-likeness (QED) is 0.280. The maximum Gasteiger partial charge on any atom is 0.323 e. The normalized spacial score (nSPS) is 9.47. The molecule has 0 aliphatic carbocycles. The van der Waals surface area contributed by atoms with Gasteiger partial charge in [-0.2, -0.15) is 0 Å². The predicted octanol–water partition coefficient (Wildman–Crippen LogP) is 0.177. The molecule has 0 saturated heterocycles. The van der Waals surface area contributed by atoms with E-state index in [-0.39, 0.29) is 0 Å². The summed E-state index contributed by atoms with van der Waals surface area (Å²) in [5.74, 6) is 3.17. The van der Waals surface area contributed by atoms with E-state index in [0.29, 0.717) is 5.69 Å². The number of benzene rings is 1. The van der Waals surface area contributed by atoms with Crippen LogP contribution in [0.3, 0.4) is 0 Å². The van der Waals surface area contributed by atoms with Crippen LogP contribution in [0.4, 0.5) is 5.69 Å². The summed E-state index contributed by atoms with van der Waals surface area (Å²) in [5.41, 5.74) is 3.49. The maximum absolute atomic E-state index is 11.1. The fourth-order valence-corrected chi connectivity index (χ4v) is 1.08. The van der Waals surface area contributed by atoms with Crippen molar-refractivity contribution in [3.63, 3.8) is 0 Å². The zero-order valence-electron chi connectivity index (χ0n) is 8.41. The van der Waals surface area contributed by atoms with Gasteiger partial charge in [-0.25, -0.2) is 5.84 Å². The number of amides is 2. The number of hydrogen-bond acceptors (Lipinski definition) is 3. The first kappa shape index (κ1) is 11.2. The molecule has 0 unspecified atom stereocenters. The summed E-state index contributed by atoms with van der Waals surface area (Å²) in [7, 11) is 0. The van der Waals surface area contributed by atoms with E-state index in [1.807, 2.05) is 19.1 Å². The number of nitrogens with two attached hydrogens (primary N) is 1. The van der Waals surface area contributed by atoms with Crippen molar-refractivity contribution >= 4 is 17.5 Å². The van der Waals surface area contributed by atoms with Gasteiger partial charge in [-0.3, -0.25) is 15.0 Å². The van der Waals surface area contributed by atoms with Crippen LogP contribution in [0, 0.1) is 0 Å². The SMILES string of the molecule is CCc1ccc(NC(=O)C(=O)NN)cc1. The van der Waals surface area contributed by atoms with Crippen molar-refractivity contribution in [3.8, 4) is 0 Å². The van der Waals surface area contributed by atoms with Crippen LogP contribution in [0.1, 0.15) is 12.5 Å². The molecule has 0 heterocycles. The van der Waals surface area contributed by atoms with E-state index in [2.05, 4.69) is 5.32 Å². The zero-order chi connectivity index (χ0) is 11.3. The van der Waals surface area contributed by atoms with Crippen LogP contribution in [-0.2, 0) is 16.0 Å². The Morgan fingerprint density at radius 2 is 1.80 bits per heavy atom. The minimum absolute atomic E-state index is 0.570. The van der Waals surface area contributed by atoms with Crippen molar-refractivity contribution in [2.24, 2.45) is 5.84 Å². The molecule has 5 heteroatoms. The fraction of sp³-hybridized carbons (Fsp3) is 0.200. The van der Waals surface area contributed by atoms with E-state index in [0.717, 1.165) is 12.0 Å². The largest absolute Gasteiger partial charge is 0.323 e. The van der Waals surface area contributed by atoms with E-state index in [9.17, 15) is 9.59 Å². The van der Waals surface area contributed by atoms with Gasteiger partial charge in [0.1, 0.15) is 0 Å². The van der Waals surface area contributed by atoms with Crippen molar-refractivity contribution < 1.29 is 9.59 Å². The molecular weight excluding hydrogens is 194 g/mol. The molecule has 0 fully saturated rings. The molecule has 1 aromatic carbocycles. The van der Waals surface area contributed by atoms with E-state index < -0.39 is 11.8 Å². The highest BCUT2D eigenvalue weighted by Crippen LogP contribution is 2.09. The lowest BCUT2D eigenvalue weighted by molar-refractivity contribution is -0.136. The van der Waals surface area contributed by atoms with E-state index >= 15 is 0 Å². The van der Waals surface area contributed by atoms with Gasteiger partial charge in [-0.05, 0) is 24.1 Å². The number of rotatable bonds is 2. The molecular formula is C10H13N3O2. The molecule has 0 atom stereocenters. The Hall–Kier alpha value is -1.88. The number of nitrogens with one attached hydrogen (secondary N) is 2. The minimum Gasteiger partial charge on any atom is -0.318 e. The number of carbonyl (C=O) groups excluding carboxylic acids is 2. The van der Waals surface area contributed by atoms with Crippen LogP contribution in [0.25, 0.3) is 0 Å². The van der Waals surface area contributed by atoms with Crippen LogP contribution in [0.2, 0.25) is 0 Å². The lowest BCUT2D eigenvalue weighted by atomic mass is 10.1. The van der Waals surface area contributed by atoms with Crippen LogP contribution < -0.4 is 16.6 Å². The molecule has 15 heavy (non-hydrogen) atoms. The predicted molar refractivity (Wildman–Crippen MR) is 56.8 cm³/mol. The van der Waals surface area contributed by atoms with Gasteiger partial charge in [0, 0.05) is 5.69 Å². The lowest BCUT2D eigenvalue weighted by Crippen LogP contribution is -2.39.